The molecule has 0 saturated carbocycles. The molecule has 2 rings (SSSR count). The number of carbonyl (C=O) groups is 2. The van der Waals surface area contributed by atoms with Crippen LogP contribution in [0.5, 0.6) is 11.5 Å². The fourth-order valence-corrected chi connectivity index (χ4v) is 2.29. The molecule has 0 atom stereocenters. The van der Waals surface area contributed by atoms with Gasteiger partial charge in [0.25, 0.3) is 5.91 Å². The molecular weight excluding hydrogens is 346 g/mol. The molecule has 0 bridgehead atoms. The summed E-state index contributed by atoms with van der Waals surface area (Å²) in [6.45, 7) is 4.05. The number of methoxy groups -OCH3 is 1. The molecule has 7 nitrogen and oxygen atoms in total. The Labute approximate surface area is 158 Å². The van der Waals surface area contributed by atoms with Gasteiger partial charge in [0, 0.05) is 11.3 Å². The molecule has 7 heteroatoms. The summed E-state index contributed by atoms with van der Waals surface area (Å²) in [5.74, 6) is 0.555. The Kier molecular flexibility index (Phi) is 7.37. The fraction of sp³-hybridized carbons (Fsp3) is 0.250. The zero-order chi connectivity index (χ0) is 19.6. The number of carbonyl (C=O) groups excluding carboxylic acids is 2. The summed E-state index contributed by atoms with van der Waals surface area (Å²) in [6, 6.07) is 13.9. The Balaban J connectivity index is 1.93. The lowest BCUT2D eigenvalue weighted by atomic mass is 10.2. The Bertz CT molecular complexity index is 833. The molecule has 0 radical (unpaired) electrons. The molecule has 142 valence electrons. The van der Waals surface area contributed by atoms with E-state index in [2.05, 4.69) is 15.8 Å². The molecule has 0 spiro atoms. The molecule has 0 aromatic heterocycles. The lowest BCUT2D eigenvalue weighted by molar-refractivity contribution is -0.115. The third-order valence-electron chi connectivity index (χ3n) is 3.56. The Morgan fingerprint density at radius 1 is 1.11 bits per heavy atom. The minimum Gasteiger partial charge on any atom is -0.497 e. The number of nitrogens with zero attached hydrogens (tertiary/aromatic N) is 1. The van der Waals surface area contributed by atoms with Crippen molar-refractivity contribution < 1.29 is 19.1 Å². The highest BCUT2D eigenvalue weighted by molar-refractivity contribution is 6.06. The normalized spacial score (nSPS) is 10.9. The van der Waals surface area contributed by atoms with Crippen LogP contribution in [0.4, 0.5) is 5.69 Å². The van der Waals surface area contributed by atoms with Gasteiger partial charge in [-0.2, -0.15) is 5.10 Å². The van der Waals surface area contributed by atoms with Crippen molar-refractivity contribution in [1.82, 2.24) is 5.43 Å². The first kappa shape index (κ1) is 20.0. The van der Waals surface area contributed by atoms with Gasteiger partial charge in [-0.05, 0) is 44.2 Å². The van der Waals surface area contributed by atoms with Crippen LogP contribution < -0.4 is 20.2 Å². The van der Waals surface area contributed by atoms with Crippen molar-refractivity contribution in [1.29, 1.82) is 0 Å². The first-order valence-electron chi connectivity index (χ1n) is 8.52. The SMILES string of the molecule is CCOc1ccccc1NC(=O)CC(C)=NNC(=O)c1cccc(OC)c1. The van der Waals surface area contributed by atoms with Crippen molar-refractivity contribution in [2.75, 3.05) is 19.0 Å². The highest BCUT2D eigenvalue weighted by atomic mass is 16.5. The monoisotopic (exact) mass is 369 g/mol. The molecule has 0 heterocycles. The van der Waals surface area contributed by atoms with Crippen LogP contribution in [0.25, 0.3) is 0 Å². The van der Waals surface area contributed by atoms with E-state index in [0.29, 0.717) is 35.1 Å². The van der Waals surface area contributed by atoms with Crippen molar-refractivity contribution in [3.05, 3.63) is 54.1 Å². The standard InChI is InChI=1S/C20H23N3O4/c1-4-27-18-11-6-5-10-17(18)21-19(24)12-14(2)22-23-20(25)15-8-7-9-16(13-15)26-3/h5-11,13H,4,12H2,1-3H3,(H,21,24)(H,23,25). The zero-order valence-electron chi connectivity index (χ0n) is 15.6. The highest BCUT2D eigenvalue weighted by Gasteiger charge is 2.10. The van der Waals surface area contributed by atoms with Gasteiger partial charge in [0.15, 0.2) is 0 Å². The average Bonchev–Trinajstić information content (AvgIpc) is 2.67. The van der Waals surface area contributed by atoms with Gasteiger partial charge < -0.3 is 14.8 Å². The topological polar surface area (TPSA) is 89.0 Å². The van der Waals surface area contributed by atoms with E-state index in [4.69, 9.17) is 9.47 Å². The van der Waals surface area contributed by atoms with Gasteiger partial charge in [0.2, 0.25) is 5.91 Å². The van der Waals surface area contributed by atoms with E-state index in [1.165, 1.54) is 7.11 Å². The van der Waals surface area contributed by atoms with Crippen molar-refractivity contribution in [2.45, 2.75) is 20.3 Å². The van der Waals surface area contributed by atoms with Crippen LogP contribution >= 0.6 is 0 Å². The van der Waals surface area contributed by atoms with Crippen LogP contribution in [0.3, 0.4) is 0 Å². The molecule has 0 saturated heterocycles. The van der Waals surface area contributed by atoms with Crippen LogP contribution in [-0.2, 0) is 4.79 Å². The van der Waals surface area contributed by atoms with Gasteiger partial charge in [-0.1, -0.05) is 18.2 Å². The molecule has 0 unspecified atom stereocenters. The molecule has 2 amide bonds. The summed E-state index contributed by atoms with van der Waals surface area (Å²) in [5, 5.41) is 6.77. The van der Waals surface area contributed by atoms with E-state index >= 15 is 0 Å². The molecule has 2 aromatic carbocycles. The summed E-state index contributed by atoms with van der Waals surface area (Å²) in [4.78, 5) is 24.3. The summed E-state index contributed by atoms with van der Waals surface area (Å²) in [7, 11) is 1.53. The number of benzene rings is 2. The first-order chi connectivity index (χ1) is 13.0. The van der Waals surface area contributed by atoms with Crippen LogP contribution in [0.15, 0.2) is 53.6 Å². The maximum atomic E-state index is 12.2. The number of nitrogens with one attached hydrogen (secondary N) is 2. The number of anilines is 1. The number of rotatable bonds is 8. The molecule has 0 aliphatic rings. The van der Waals surface area contributed by atoms with Crippen molar-refractivity contribution >= 4 is 23.2 Å². The van der Waals surface area contributed by atoms with Gasteiger partial charge in [0.05, 0.1) is 25.8 Å². The van der Waals surface area contributed by atoms with E-state index in [0.717, 1.165) is 0 Å². The van der Waals surface area contributed by atoms with Gasteiger partial charge in [-0.25, -0.2) is 5.43 Å². The number of hydrazone groups is 1. The molecule has 27 heavy (non-hydrogen) atoms. The Morgan fingerprint density at radius 2 is 1.89 bits per heavy atom. The van der Waals surface area contributed by atoms with E-state index in [-0.39, 0.29) is 18.2 Å². The quantitative estimate of drug-likeness (QED) is 0.552. The van der Waals surface area contributed by atoms with E-state index in [1.54, 1.807) is 43.3 Å². The summed E-state index contributed by atoms with van der Waals surface area (Å²) in [6.07, 6.45) is 0.0405. The fourth-order valence-electron chi connectivity index (χ4n) is 2.29. The van der Waals surface area contributed by atoms with E-state index in [9.17, 15) is 9.59 Å². The van der Waals surface area contributed by atoms with Gasteiger partial charge in [-0.15, -0.1) is 0 Å². The van der Waals surface area contributed by atoms with Crippen LogP contribution in [0.1, 0.15) is 30.6 Å². The minimum atomic E-state index is -0.379. The average molecular weight is 369 g/mol. The van der Waals surface area contributed by atoms with Crippen molar-refractivity contribution in [3.63, 3.8) is 0 Å². The molecule has 2 aromatic rings. The number of hydrogen-bond donors (Lipinski definition) is 2. The molecule has 2 N–H and O–H groups in total. The predicted octanol–water partition coefficient (Wildman–Crippen LogP) is 3.23. The van der Waals surface area contributed by atoms with E-state index < -0.39 is 0 Å². The second-order valence-corrected chi connectivity index (χ2v) is 5.67. The third-order valence-corrected chi connectivity index (χ3v) is 3.56. The van der Waals surface area contributed by atoms with Crippen LogP contribution in [-0.4, -0.2) is 31.2 Å². The maximum absolute atomic E-state index is 12.2. The lowest BCUT2D eigenvalue weighted by Gasteiger charge is -2.11. The highest BCUT2D eigenvalue weighted by Crippen LogP contribution is 2.23. The largest absolute Gasteiger partial charge is 0.497 e. The maximum Gasteiger partial charge on any atom is 0.271 e. The number of amides is 2. The predicted molar refractivity (Wildman–Crippen MR) is 104 cm³/mol. The summed E-state index contributed by atoms with van der Waals surface area (Å²) in [5.41, 5.74) is 3.92. The zero-order valence-corrected chi connectivity index (χ0v) is 15.6. The smallest absolute Gasteiger partial charge is 0.271 e. The second kappa shape index (κ2) is 9.96. The number of ether oxygens (including phenoxy) is 2. The molecule has 0 aliphatic heterocycles. The lowest BCUT2D eigenvalue weighted by Crippen LogP contribution is -2.21. The number of hydrogen-bond acceptors (Lipinski definition) is 5. The minimum absolute atomic E-state index is 0.0405. The van der Waals surface area contributed by atoms with Crippen LogP contribution in [0, 0.1) is 0 Å². The van der Waals surface area contributed by atoms with Gasteiger partial charge >= 0.3 is 0 Å². The van der Waals surface area contributed by atoms with E-state index in [1.807, 2.05) is 19.1 Å². The van der Waals surface area contributed by atoms with Crippen molar-refractivity contribution in [2.24, 2.45) is 5.10 Å². The third kappa shape index (κ3) is 6.14. The van der Waals surface area contributed by atoms with Crippen LogP contribution in [0.2, 0.25) is 0 Å². The van der Waals surface area contributed by atoms with Gasteiger partial charge in [-0.3, -0.25) is 9.59 Å². The molecular formula is C20H23N3O4. The Morgan fingerprint density at radius 3 is 2.63 bits per heavy atom. The molecule has 0 aliphatic carbocycles. The summed E-state index contributed by atoms with van der Waals surface area (Å²) < 4.78 is 10.6. The molecule has 0 fully saturated rings. The van der Waals surface area contributed by atoms with Crippen molar-refractivity contribution in [3.8, 4) is 11.5 Å². The summed E-state index contributed by atoms with van der Waals surface area (Å²) >= 11 is 0. The second-order valence-electron chi connectivity index (χ2n) is 5.67. The number of para-hydroxylation sites is 2. The first-order valence-corrected chi connectivity index (χ1v) is 8.52. The van der Waals surface area contributed by atoms with Gasteiger partial charge in [0.1, 0.15) is 11.5 Å². The Hall–Kier alpha value is -3.35.